The molecule has 0 fully saturated rings. The highest BCUT2D eigenvalue weighted by Crippen LogP contribution is 2.30. The second-order valence-electron chi connectivity index (χ2n) is 4.42. The third-order valence-electron chi connectivity index (χ3n) is 2.96. The van der Waals surface area contributed by atoms with Crippen LogP contribution in [0.15, 0.2) is 18.3 Å². The topological polar surface area (TPSA) is 89.2 Å². The van der Waals surface area contributed by atoms with Crippen LogP contribution in [0, 0.1) is 28.7 Å². The fourth-order valence-corrected chi connectivity index (χ4v) is 1.89. The number of halogens is 2. The van der Waals surface area contributed by atoms with E-state index in [1.165, 1.54) is 13.1 Å². The summed E-state index contributed by atoms with van der Waals surface area (Å²) in [5.41, 5.74) is -0.776. The monoisotopic (exact) mass is 295 g/mol. The number of aromatic nitrogens is 2. The number of rotatable bonds is 3. The van der Waals surface area contributed by atoms with Crippen LogP contribution in [0.25, 0.3) is 11.4 Å². The van der Waals surface area contributed by atoms with Crippen molar-refractivity contribution in [2.24, 2.45) is 0 Å². The minimum absolute atomic E-state index is 0.310. The summed E-state index contributed by atoms with van der Waals surface area (Å²) in [6.07, 6.45) is 0.402. The zero-order chi connectivity index (χ0) is 15.7. The lowest BCUT2D eigenvalue weighted by Gasteiger charge is -2.10. The van der Waals surface area contributed by atoms with Crippen molar-refractivity contribution < 1.29 is 18.8 Å². The first-order valence-electron chi connectivity index (χ1n) is 5.97. The minimum atomic E-state index is -1.33. The van der Waals surface area contributed by atoms with Gasteiger partial charge in [0.25, 0.3) is 0 Å². The standard InChI is InChI=1S/C13H11F2N3O3/c1-6-8(7(2)19)5-16-13(17-6)11-9(14)3-4-10(12(11)15)18(20)21/h3-5,7,19H,1-2H3. The van der Waals surface area contributed by atoms with E-state index in [0.29, 0.717) is 11.3 Å². The number of benzene rings is 1. The highest BCUT2D eigenvalue weighted by atomic mass is 19.1. The Bertz CT molecular complexity index is 720. The Labute approximate surface area is 118 Å². The van der Waals surface area contributed by atoms with Gasteiger partial charge < -0.3 is 5.11 Å². The molecule has 0 aliphatic heterocycles. The van der Waals surface area contributed by atoms with Crippen LogP contribution in [-0.4, -0.2) is 20.0 Å². The molecular weight excluding hydrogens is 284 g/mol. The van der Waals surface area contributed by atoms with Crippen molar-refractivity contribution in [3.63, 3.8) is 0 Å². The number of nitro groups is 1. The summed E-state index contributed by atoms with van der Waals surface area (Å²) in [7, 11) is 0. The highest BCUT2D eigenvalue weighted by molar-refractivity contribution is 5.61. The largest absolute Gasteiger partial charge is 0.389 e. The molecule has 0 aliphatic carbocycles. The Morgan fingerprint density at radius 2 is 2.05 bits per heavy atom. The molecule has 1 heterocycles. The summed E-state index contributed by atoms with van der Waals surface area (Å²) in [5.74, 6) is -2.64. The molecule has 21 heavy (non-hydrogen) atoms. The lowest BCUT2D eigenvalue weighted by atomic mass is 10.1. The molecule has 1 N–H and O–H groups in total. The number of nitro benzene ring substituents is 1. The summed E-state index contributed by atoms with van der Waals surface area (Å²) in [5, 5.41) is 20.2. The summed E-state index contributed by atoms with van der Waals surface area (Å²) in [4.78, 5) is 17.4. The summed E-state index contributed by atoms with van der Waals surface area (Å²) in [6.45, 7) is 3.04. The molecule has 1 aromatic carbocycles. The molecule has 0 amide bonds. The van der Waals surface area contributed by atoms with Crippen LogP contribution in [0.2, 0.25) is 0 Å². The van der Waals surface area contributed by atoms with Crippen molar-refractivity contribution in [1.82, 2.24) is 9.97 Å². The van der Waals surface area contributed by atoms with Gasteiger partial charge in [0.1, 0.15) is 5.82 Å². The second kappa shape index (κ2) is 5.49. The summed E-state index contributed by atoms with van der Waals surface area (Å²) < 4.78 is 27.8. The summed E-state index contributed by atoms with van der Waals surface area (Å²) in [6, 6.07) is 1.53. The molecule has 1 atom stereocenters. The molecule has 8 heteroatoms. The maximum Gasteiger partial charge on any atom is 0.305 e. The predicted octanol–water partition coefficient (Wildman–Crippen LogP) is 2.69. The molecule has 0 saturated heterocycles. The van der Waals surface area contributed by atoms with Gasteiger partial charge in [-0.25, -0.2) is 14.4 Å². The second-order valence-corrected chi connectivity index (χ2v) is 4.42. The van der Waals surface area contributed by atoms with Crippen LogP contribution < -0.4 is 0 Å². The molecule has 1 unspecified atom stereocenters. The Morgan fingerprint density at radius 3 is 2.57 bits per heavy atom. The first-order valence-corrected chi connectivity index (χ1v) is 5.97. The van der Waals surface area contributed by atoms with Gasteiger partial charge in [0, 0.05) is 23.5 Å². The van der Waals surface area contributed by atoms with Gasteiger partial charge in [-0.1, -0.05) is 0 Å². The number of aliphatic hydroxyl groups is 1. The van der Waals surface area contributed by atoms with E-state index in [1.807, 2.05) is 0 Å². The van der Waals surface area contributed by atoms with Gasteiger partial charge in [0.2, 0.25) is 5.82 Å². The Hall–Kier alpha value is -2.48. The SMILES string of the molecule is Cc1nc(-c2c(F)ccc([N+](=O)[O-])c2F)ncc1C(C)O. The van der Waals surface area contributed by atoms with Gasteiger partial charge in [0.05, 0.1) is 16.6 Å². The molecule has 0 aliphatic rings. The number of nitrogens with zero attached hydrogens (tertiary/aromatic N) is 3. The fourth-order valence-electron chi connectivity index (χ4n) is 1.89. The zero-order valence-electron chi connectivity index (χ0n) is 11.2. The van der Waals surface area contributed by atoms with E-state index in [4.69, 9.17) is 0 Å². The van der Waals surface area contributed by atoms with Crippen molar-refractivity contribution in [3.05, 3.63) is 51.3 Å². The number of aryl methyl sites for hydroxylation is 1. The average Bonchev–Trinajstić information content (AvgIpc) is 2.37. The Balaban J connectivity index is 2.64. The molecule has 1 aromatic heterocycles. The zero-order valence-corrected chi connectivity index (χ0v) is 11.2. The maximum absolute atomic E-state index is 14.0. The van der Waals surface area contributed by atoms with E-state index in [0.717, 1.165) is 12.1 Å². The van der Waals surface area contributed by atoms with E-state index < -0.39 is 33.9 Å². The first kappa shape index (κ1) is 14.9. The third kappa shape index (κ3) is 2.70. The molecule has 2 aromatic rings. The molecular formula is C13H11F2N3O3. The molecule has 0 radical (unpaired) electrons. The van der Waals surface area contributed by atoms with Crippen LogP contribution in [0.3, 0.4) is 0 Å². The Morgan fingerprint density at radius 1 is 1.38 bits per heavy atom. The van der Waals surface area contributed by atoms with Crippen molar-refractivity contribution in [3.8, 4) is 11.4 Å². The smallest absolute Gasteiger partial charge is 0.305 e. The fraction of sp³-hybridized carbons (Fsp3) is 0.231. The molecule has 6 nitrogen and oxygen atoms in total. The van der Waals surface area contributed by atoms with Gasteiger partial charge >= 0.3 is 5.69 Å². The van der Waals surface area contributed by atoms with E-state index in [-0.39, 0.29) is 5.82 Å². The molecule has 110 valence electrons. The minimum Gasteiger partial charge on any atom is -0.389 e. The van der Waals surface area contributed by atoms with Crippen LogP contribution in [0.5, 0.6) is 0 Å². The highest BCUT2D eigenvalue weighted by Gasteiger charge is 2.24. The van der Waals surface area contributed by atoms with Crippen LogP contribution >= 0.6 is 0 Å². The summed E-state index contributed by atoms with van der Waals surface area (Å²) >= 11 is 0. The van der Waals surface area contributed by atoms with E-state index >= 15 is 0 Å². The maximum atomic E-state index is 14.0. The number of hydrogen-bond donors (Lipinski definition) is 1. The van der Waals surface area contributed by atoms with Gasteiger partial charge in [-0.15, -0.1) is 0 Å². The molecule has 0 saturated carbocycles. The van der Waals surface area contributed by atoms with Crippen LogP contribution in [0.4, 0.5) is 14.5 Å². The van der Waals surface area contributed by atoms with Crippen LogP contribution in [-0.2, 0) is 0 Å². The van der Waals surface area contributed by atoms with Gasteiger partial charge in [-0.3, -0.25) is 10.1 Å². The van der Waals surface area contributed by atoms with E-state index in [1.54, 1.807) is 6.92 Å². The normalized spacial score (nSPS) is 12.2. The van der Waals surface area contributed by atoms with Crippen molar-refractivity contribution in [1.29, 1.82) is 0 Å². The first-order chi connectivity index (χ1) is 9.82. The van der Waals surface area contributed by atoms with Crippen molar-refractivity contribution in [2.45, 2.75) is 20.0 Å². The van der Waals surface area contributed by atoms with Gasteiger partial charge in [-0.2, -0.15) is 4.39 Å². The molecule has 0 spiro atoms. The quantitative estimate of drug-likeness (QED) is 0.694. The number of aliphatic hydroxyl groups excluding tert-OH is 1. The van der Waals surface area contributed by atoms with Crippen LogP contribution in [0.1, 0.15) is 24.3 Å². The van der Waals surface area contributed by atoms with Gasteiger partial charge in [0.15, 0.2) is 5.82 Å². The molecule has 2 rings (SSSR count). The lowest BCUT2D eigenvalue weighted by Crippen LogP contribution is -2.04. The third-order valence-corrected chi connectivity index (χ3v) is 2.96. The van der Waals surface area contributed by atoms with Gasteiger partial charge in [-0.05, 0) is 19.9 Å². The van der Waals surface area contributed by atoms with E-state index in [9.17, 15) is 24.0 Å². The number of hydrogen-bond acceptors (Lipinski definition) is 5. The molecule has 0 bridgehead atoms. The average molecular weight is 295 g/mol. The van der Waals surface area contributed by atoms with E-state index in [2.05, 4.69) is 9.97 Å². The Kier molecular flexibility index (Phi) is 3.90. The lowest BCUT2D eigenvalue weighted by molar-refractivity contribution is -0.387. The predicted molar refractivity (Wildman–Crippen MR) is 69.4 cm³/mol. The van der Waals surface area contributed by atoms with Crippen molar-refractivity contribution in [2.75, 3.05) is 0 Å². The van der Waals surface area contributed by atoms with Crippen molar-refractivity contribution >= 4 is 5.69 Å².